The van der Waals surface area contributed by atoms with E-state index < -0.39 is 0 Å². The first-order valence-electron chi connectivity index (χ1n) is 6.44. The minimum Gasteiger partial charge on any atom is -0.376 e. The first-order chi connectivity index (χ1) is 9.13. The van der Waals surface area contributed by atoms with E-state index in [0.29, 0.717) is 5.69 Å². The molecule has 0 saturated heterocycles. The summed E-state index contributed by atoms with van der Waals surface area (Å²) in [6.07, 6.45) is 2.08. The number of hydrogen-bond donors (Lipinski definition) is 1. The van der Waals surface area contributed by atoms with Crippen LogP contribution in [-0.2, 0) is 6.42 Å². The summed E-state index contributed by atoms with van der Waals surface area (Å²) in [5, 5.41) is 3.33. The Hall–Kier alpha value is -1.35. The Morgan fingerprint density at radius 1 is 1.21 bits per heavy atom. The fourth-order valence-electron chi connectivity index (χ4n) is 2.67. The summed E-state index contributed by atoms with van der Waals surface area (Å²) in [6, 6.07) is 11.7. The Labute approximate surface area is 121 Å². The third-order valence-electron chi connectivity index (χ3n) is 3.64. The molecule has 1 aliphatic rings. The second kappa shape index (κ2) is 4.97. The molecule has 2 aromatic rings. The Balaban J connectivity index is 1.90. The van der Waals surface area contributed by atoms with Crippen molar-refractivity contribution < 1.29 is 4.39 Å². The molecule has 0 aromatic heterocycles. The molecule has 1 atom stereocenters. The van der Waals surface area contributed by atoms with E-state index in [1.165, 1.54) is 22.8 Å². The predicted octanol–water partition coefficient (Wildman–Crippen LogP) is 5.00. The average molecular weight is 320 g/mol. The van der Waals surface area contributed by atoms with Gasteiger partial charge in [0.05, 0.1) is 11.7 Å². The zero-order chi connectivity index (χ0) is 13.4. The summed E-state index contributed by atoms with van der Waals surface area (Å²) in [5.41, 5.74) is 4.49. The highest BCUT2D eigenvalue weighted by Gasteiger charge is 2.23. The van der Waals surface area contributed by atoms with Gasteiger partial charge in [-0.15, -0.1) is 0 Å². The molecule has 19 heavy (non-hydrogen) atoms. The fraction of sp³-hybridized carbons (Fsp3) is 0.250. The molecular formula is C16H15BrFN. The van der Waals surface area contributed by atoms with Crippen LogP contribution in [0.25, 0.3) is 0 Å². The number of aryl methyl sites for hydroxylation is 2. The molecule has 0 bridgehead atoms. The maximum atomic E-state index is 13.8. The van der Waals surface area contributed by atoms with Crippen LogP contribution in [0.15, 0.2) is 40.9 Å². The van der Waals surface area contributed by atoms with E-state index in [-0.39, 0.29) is 11.9 Å². The van der Waals surface area contributed by atoms with Crippen LogP contribution in [0.2, 0.25) is 0 Å². The topological polar surface area (TPSA) is 12.0 Å². The molecule has 1 unspecified atom stereocenters. The summed E-state index contributed by atoms with van der Waals surface area (Å²) in [5.74, 6) is -0.204. The molecule has 0 amide bonds. The van der Waals surface area contributed by atoms with Crippen molar-refractivity contribution in [3.63, 3.8) is 0 Å². The van der Waals surface area contributed by atoms with E-state index in [2.05, 4.69) is 46.4 Å². The monoisotopic (exact) mass is 319 g/mol. The Bertz CT molecular complexity index is 624. The first kappa shape index (κ1) is 12.7. The van der Waals surface area contributed by atoms with Crippen molar-refractivity contribution >= 4 is 21.6 Å². The molecule has 1 N–H and O–H groups in total. The van der Waals surface area contributed by atoms with E-state index in [9.17, 15) is 4.39 Å². The Morgan fingerprint density at radius 3 is 2.89 bits per heavy atom. The molecule has 3 heteroatoms. The summed E-state index contributed by atoms with van der Waals surface area (Å²) in [4.78, 5) is 0. The summed E-state index contributed by atoms with van der Waals surface area (Å²) >= 11 is 3.38. The van der Waals surface area contributed by atoms with Crippen LogP contribution in [0.4, 0.5) is 10.1 Å². The quantitative estimate of drug-likeness (QED) is 0.821. The van der Waals surface area contributed by atoms with E-state index >= 15 is 0 Å². The van der Waals surface area contributed by atoms with Crippen LogP contribution in [0.5, 0.6) is 0 Å². The van der Waals surface area contributed by atoms with Gasteiger partial charge in [0.2, 0.25) is 0 Å². The molecule has 3 rings (SSSR count). The zero-order valence-corrected chi connectivity index (χ0v) is 12.3. The summed E-state index contributed by atoms with van der Waals surface area (Å²) < 4.78 is 14.7. The molecule has 2 aromatic carbocycles. The lowest BCUT2D eigenvalue weighted by molar-refractivity contribution is 0.624. The molecule has 98 valence electrons. The molecule has 0 aliphatic heterocycles. The third kappa shape index (κ3) is 2.52. The van der Waals surface area contributed by atoms with Crippen LogP contribution in [0, 0.1) is 12.7 Å². The standard InChI is InChI=1S/C16H15BrFN/c1-10-2-3-11-4-7-15(13(11)8-10)19-16-9-12(17)5-6-14(16)18/h2-3,5-6,8-9,15,19H,4,7H2,1H3. The number of nitrogens with one attached hydrogen (secondary N) is 1. The second-order valence-electron chi connectivity index (χ2n) is 5.06. The van der Waals surface area contributed by atoms with Gasteiger partial charge in [0.1, 0.15) is 5.82 Å². The van der Waals surface area contributed by atoms with Crippen molar-refractivity contribution in [2.24, 2.45) is 0 Å². The lowest BCUT2D eigenvalue weighted by atomic mass is 10.0. The highest BCUT2D eigenvalue weighted by atomic mass is 79.9. The molecule has 1 nitrogen and oxygen atoms in total. The number of fused-ring (bicyclic) bond motifs is 1. The second-order valence-corrected chi connectivity index (χ2v) is 5.98. The van der Waals surface area contributed by atoms with E-state index in [1.54, 1.807) is 12.1 Å². The van der Waals surface area contributed by atoms with E-state index in [1.807, 2.05) is 0 Å². The van der Waals surface area contributed by atoms with Crippen molar-refractivity contribution in [1.82, 2.24) is 0 Å². The fourth-order valence-corrected chi connectivity index (χ4v) is 3.03. The van der Waals surface area contributed by atoms with Gasteiger partial charge < -0.3 is 5.32 Å². The number of anilines is 1. The molecule has 0 saturated carbocycles. The average Bonchev–Trinajstić information content (AvgIpc) is 2.77. The van der Waals surface area contributed by atoms with Crippen molar-refractivity contribution in [2.75, 3.05) is 5.32 Å². The van der Waals surface area contributed by atoms with Crippen LogP contribution in [-0.4, -0.2) is 0 Å². The van der Waals surface area contributed by atoms with Crippen LogP contribution < -0.4 is 5.32 Å². The van der Waals surface area contributed by atoms with Gasteiger partial charge in [-0.2, -0.15) is 0 Å². The van der Waals surface area contributed by atoms with Gasteiger partial charge in [0.15, 0.2) is 0 Å². The van der Waals surface area contributed by atoms with Gasteiger partial charge in [-0.25, -0.2) is 4.39 Å². The SMILES string of the molecule is Cc1ccc2c(c1)C(Nc1cc(Br)ccc1F)CC2. The highest BCUT2D eigenvalue weighted by molar-refractivity contribution is 9.10. The van der Waals surface area contributed by atoms with Crippen LogP contribution >= 0.6 is 15.9 Å². The number of halogens is 2. The molecular weight excluding hydrogens is 305 g/mol. The van der Waals surface area contributed by atoms with Gasteiger partial charge in [0, 0.05) is 4.47 Å². The van der Waals surface area contributed by atoms with Gasteiger partial charge >= 0.3 is 0 Å². The van der Waals surface area contributed by atoms with Gasteiger partial charge in [-0.05, 0) is 49.1 Å². The lowest BCUT2D eigenvalue weighted by Crippen LogP contribution is -2.08. The molecule has 0 heterocycles. The number of rotatable bonds is 2. The van der Waals surface area contributed by atoms with E-state index in [4.69, 9.17) is 0 Å². The van der Waals surface area contributed by atoms with Gasteiger partial charge in [0.25, 0.3) is 0 Å². The largest absolute Gasteiger partial charge is 0.376 e. The van der Waals surface area contributed by atoms with Crippen molar-refractivity contribution in [3.8, 4) is 0 Å². The highest BCUT2D eigenvalue weighted by Crippen LogP contribution is 2.35. The first-order valence-corrected chi connectivity index (χ1v) is 7.24. The molecule has 1 aliphatic carbocycles. The Kier molecular flexibility index (Phi) is 3.31. The van der Waals surface area contributed by atoms with Crippen LogP contribution in [0.1, 0.15) is 29.2 Å². The number of benzene rings is 2. The maximum absolute atomic E-state index is 13.8. The van der Waals surface area contributed by atoms with E-state index in [0.717, 1.165) is 17.3 Å². The predicted molar refractivity (Wildman–Crippen MR) is 80.0 cm³/mol. The summed E-state index contributed by atoms with van der Waals surface area (Å²) in [6.45, 7) is 2.09. The zero-order valence-electron chi connectivity index (χ0n) is 10.7. The molecule has 0 fully saturated rings. The number of hydrogen-bond acceptors (Lipinski definition) is 1. The molecule has 0 radical (unpaired) electrons. The normalized spacial score (nSPS) is 17.3. The minimum atomic E-state index is -0.204. The minimum absolute atomic E-state index is 0.204. The van der Waals surface area contributed by atoms with Crippen molar-refractivity contribution in [1.29, 1.82) is 0 Å². The van der Waals surface area contributed by atoms with Gasteiger partial charge in [-0.1, -0.05) is 39.7 Å². The molecule has 0 spiro atoms. The maximum Gasteiger partial charge on any atom is 0.146 e. The Morgan fingerprint density at radius 2 is 2.05 bits per heavy atom. The van der Waals surface area contributed by atoms with Crippen LogP contribution in [0.3, 0.4) is 0 Å². The lowest BCUT2D eigenvalue weighted by Gasteiger charge is -2.17. The summed E-state index contributed by atoms with van der Waals surface area (Å²) in [7, 11) is 0. The van der Waals surface area contributed by atoms with Crippen molar-refractivity contribution in [3.05, 3.63) is 63.4 Å². The van der Waals surface area contributed by atoms with Gasteiger partial charge in [-0.3, -0.25) is 0 Å². The smallest absolute Gasteiger partial charge is 0.146 e. The van der Waals surface area contributed by atoms with Crippen molar-refractivity contribution in [2.45, 2.75) is 25.8 Å². The third-order valence-corrected chi connectivity index (χ3v) is 4.13.